The number of para-hydroxylation sites is 2. The fourth-order valence-corrected chi connectivity index (χ4v) is 10.5. The Bertz CT molecular complexity index is 3820. The first-order valence-corrected chi connectivity index (χ1v) is 30.4. The number of carbonyl (C=O) groups is 4. The van der Waals surface area contributed by atoms with Crippen LogP contribution >= 0.6 is 27.5 Å². The van der Waals surface area contributed by atoms with E-state index in [9.17, 15) is 19.2 Å². The summed E-state index contributed by atoms with van der Waals surface area (Å²) >= 11 is 7.99. The molecule has 7 N–H and O–H groups in total. The van der Waals surface area contributed by atoms with Crippen LogP contribution in [0.1, 0.15) is 67.7 Å². The predicted octanol–water partition coefficient (Wildman–Crippen LogP) is 12.6. The Balaban J connectivity index is 0.000000214. The van der Waals surface area contributed by atoms with E-state index < -0.39 is 5.24 Å². The molecule has 23 heteroatoms. The summed E-state index contributed by atoms with van der Waals surface area (Å²) in [5.74, 6) is 0.574. The third kappa shape index (κ3) is 18.9. The van der Waals surface area contributed by atoms with Crippen LogP contribution in [0.2, 0.25) is 0 Å². The Labute approximate surface area is 538 Å². The highest BCUT2D eigenvalue weighted by Gasteiger charge is 2.30. The van der Waals surface area contributed by atoms with Gasteiger partial charge < -0.3 is 50.9 Å². The highest BCUT2D eigenvalue weighted by molar-refractivity contribution is 9.09. The molecule has 4 aliphatic rings. The molecule has 0 saturated carbocycles. The Hall–Kier alpha value is -9.29. The number of likely N-dealkylation sites (tertiary alicyclic amines) is 2. The van der Waals surface area contributed by atoms with E-state index in [-0.39, 0.29) is 44.7 Å². The standard InChI is InChI=1S/C32H32N8O3.C24H21N7O.C5H10O.C4H4BrClO.2CH4/c1-33-28-20-35-32(38-30(28)26-19-34-27-6-3-2-5-25(26)27)37-24-12-14-40(21-24)31(42)22-8-10-23(11-9-22)36-29(41)7-4-13-39-15-17-43-18-16-39;1-26-21-13-28-24(30-22(21)19-12-27-20-5-3-2-4-18(19)20)29-17-10-11-31(14-17)23(32)15-6-8-16(25)9-7-15;1-2-4-6-5-3-1;5-3-1-2-4(6)7;;/h2-11,19-20,24,34H,12-18,21H2,(H,36,41)(H,35,37,38);2-9,12-13,17,27H,10-11,14,25H2,(H,28,29,30);1-5H2;1-2H,3H2;2*1H4/b7-4+;;;2-1+;;/t24-;17-;;;;/m11..../s1. The van der Waals surface area contributed by atoms with Crippen LogP contribution in [0, 0.1) is 13.1 Å². The number of anilines is 4. The molecule has 12 rings (SSSR count). The van der Waals surface area contributed by atoms with E-state index in [0.717, 1.165) is 85.3 Å². The molecule has 4 aromatic heterocycles. The number of aromatic amines is 2. The zero-order valence-corrected chi connectivity index (χ0v) is 50.7. The number of nitrogens with two attached hydrogens (primary N) is 1. The van der Waals surface area contributed by atoms with Gasteiger partial charge in [-0.2, -0.15) is 0 Å². The number of benzene rings is 4. The molecule has 4 saturated heterocycles. The van der Waals surface area contributed by atoms with Crippen LogP contribution < -0.4 is 21.7 Å². The maximum absolute atomic E-state index is 13.2. The summed E-state index contributed by atoms with van der Waals surface area (Å²) in [5, 5.41) is 11.8. The third-order valence-electron chi connectivity index (χ3n) is 14.8. The number of nitrogens with zero attached hydrogens (tertiary/aromatic N) is 9. The van der Waals surface area contributed by atoms with Gasteiger partial charge in [0, 0.05) is 163 Å². The van der Waals surface area contributed by atoms with Crippen molar-refractivity contribution in [3.63, 3.8) is 0 Å². The molecule has 0 radical (unpaired) electrons. The average molecular weight is 1300 g/mol. The van der Waals surface area contributed by atoms with Crippen LogP contribution in [0.25, 0.3) is 54.0 Å². The largest absolute Gasteiger partial charge is 0.399 e. The van der Waals surface area contributed by atoms with E-state index in [0.29, 0.717) is 95.2 Å². The molecule has 0 aliphatic carbocycles. The minimum absolute atomic E-state index is 0. The van der Waals surface area contributed by atoms with Gasteiger partial charge in [-0.3, -0.25) is 24.1 Å². The molecular weight excluding hydrogens is 1230 g/mol. The SMILES string of the molecule is C.C.C1CCOCC1.O=C(Cl)/C=C/CBr.[C-]#[N+]c1cnc(N[C@@H]2CCN(C(=O)c3ccc(N)cc3)C2)nc1-c1c[nH]c2ccccc12.[C-]#[N+]c1cnc(N[C@@H]2CCN(C(=O)c3ccc(NC(=O)/C=C/CN4CCOCC4)cc3)C2)nc1-c1c[nH]c2ccccc12. The third-order valence-corrected chi connectivity index (χ3v) is 15.3. The lowest BCUT2D eigenvalue weighted by Gasteiger charge is -2.25. The number of H-pyrrole nitrogens is 2. The van der Waals surface area contributed by atoms with Gasteiger partial charge >= 0.3 is 0 Å². The molecule has 90 heavy (non-hydrogen) atoms. The maximum Gasteiger partial charge on any atom is 0.253 e. The number of rotatable bonds is 14. The summed E-state index contributed by atoms with van der Waals surface area (Å²) in [6.07, 6.45) is 18.6. The van der Waals surface area contributed by atoms with Gasteiger partial charge in [-0.25, -0.2) is 29.6 Å². The van der Waals surface area contributed by atoms with Crippen molar-refractivity contribution in [2.75, 3.05) is 99.3 Å². The number of hydrogen-bond acceptors (Lipinski definition) is 14. The van der Waals surface area contributed by atoms with Crippen molar-refractivity contribution in [3.05, 3.63) is 180 Å². The van der Waals surface area contributed by atoms with Gasteiger partial charge in [-0.15, -0.1) is 0 Å². The van der Waals surface area contributed by atoms with Crippen molar-refractivity contribution in [2.24, 2.45) is 0 Å². The number of allylic oxidation sites excluding steroid dienone is 2. The van der Waals surface area contributed by atoms with Crippen LogP contribution in [0.15, 0.2) is 146 Å². The molecule has 468 valence electrons. The second kappa shape index (κ2) is 34.5. The second-order valence-corrected chi connectivity index (χ2v) is 21.9. The summed E-state index contributed by atoms with van der Waals surface area (Å²) in [7, 11) is 0. The lowest BCUT2D eigenvalue weighted by atomic mass is 10.1. The van der Waals surface area contributed by atoms with Crippen LogP contribution in [-0.4, -0.2) is 157 Å². The van der Waals surface area contributed by atoms with Gasteiger partial charge in [0.15, 0.2) is 0 Å². The number of nitrogen functional groups attached to an aromatic ring is 1. The lowest BCUT2D eigenvalue weighted by Crippen LogP contribution is -2.36. The number of aromatic nitrogens is 6. The number of hydrogen-bond donors (Lipinski definition) is 6. The summed E-state index contributed by atoms with van der Waals surface area (Å²) in [4.78, 5) is 85.7. The number of carbonyl (C=O) groups excluding carboxylic acids is 4. The first kappa shape index (κ1) is 68.2. The molecule has 4 aromatic carbocycles. The summed E-state index contributed by atoms with van der Waals surface area (Å²) in [6.45, 7) is 23.3. The number of fused-ring (bicyclic) bond motifs is 2. The zero-order chi connectivity index (χ0) is 61.6. The molecule has 21 nitrogen and oxygen atoms in total. The topological polar surface area (TPSA) is 250 Å². The fourth-order valence-electron chi connectivity index (χ4n) is 10.3. The first-order chi connectivity index (χ1) is 43.0. The molecule has 4 fully saturated rings. The van der Waals surface area contributed by atoms with Gasteiger partial charge in [0.2, 0.25) is 34.4 Å². The van der Waals surface area contributed by atoms with Crippen LogP contribution in [0.3, 0.4) is 0 Å². The van der Waals surface area contributed by atoms with Crippen molar-refractivity contribution in [1.82, 2.24) is 44.6 Å². The normalized spacial score (nSPS) is 16.2. The molecule has 3 amide bonds. The monoisotopic (exact) mass is 1300 g/mol. The van der Waals surface area contributed by atoms with Gasteiger partial charge in [0.25, 0.3) is 11.8 Å². The van der Waals surface area contributed by atoms with Gasteiger partial charge in [-0.05, 0) is 110 Å². The molecule has 8 heterocycles. The summed E-state index contributed by atoms with van der Waals surface area (Å²) < 4.78 is 10.4. The smallest absolute Gasteiger partial charge is 0.253 e. The minimum atomic E-state index is -0.431. The average Bonchev–Trinajstić information content (AvgIpc) is 1.92. The first-order valence-electron chi connectivity index (χ1n) is 28.9. The number of alkyl halides is 1. The van der Waals surface area contributed by atoms with Gasteiger partial charge in [-0.1, -0.05) is 79.3 Å². The Morgan fingerprint density at radius 1 is 0.656 bits per heavy atom. The number of morpholine rings is 1. The van der Waals surface area contributed by atoms with Crippen LogP contribution in [0.5, 0.6) is 0 Å². The van der Waals surface area contributed by atoms with E-state index in [2.05, 4.69) is 71.4 Å². The lowest BCUT2D eigenvalue weighted by molar-refractivity contribution is -0.112. The van der Waals surface area contributed by atoms with Crippen LogP contribution in [0.4, 0.5) is 34.6 Å². The molecule has 0 spiro atoms. The molecular formula is C67H75BrClN15O6. The zero-order valence-electron chi connectivity index (χ0n) is 48.3. The predicted molar refractivity (Wildman–Crippen MR) is 361 cm³/mol. The summed E-state index contributed by atoms with van der Waals surface area (Å²) in [6, 6.07) is 29.7. The highest BCUT2D eigenvalue weighted by atomic mass is 79.9. The van der Waals surface area contributed by atoms with Crippen molar-refractivity contribution in [2.45, 2.75) is 59.0 Å². The van der Waals surface area contributed by atoms with E-state index in [4.69, 9.17) is 44.9 Å². The highest BCUT2D eigenvalue weighted by Crippen LogP contribution is 2.36. The fraction of sp³-hybridized carbons (Fsp3) is 0.313. The maximum atomic E-state index is 13.2. The minimum Gasteiger partial charge on any atom is -0.399 e. The number of halogens is 2. The van der Waals surface area contributed by atoms with E-state index in [1.54, 1.807) is 65.7 Å². The van der Waals surface area contributed by atoms with E-state index >= 15 is 0 Å². The summed E-state index contributed by atoms with van der Waals surface area (Å²) in [5.41, 5.74) is 13.8. The van der Waals surface area contributed by atoms with Crippen molar-refractivity contribution >= 4 is 107 Å². The number of nitrogens with one attached hydrogen (secondary N) is 5. The Morgan fingerprint density at radius 2 is 1.14 bits per heavy atom. The van der Waals surface area contributed by atoms with E-state index in [1.807, 2.05) is 71.9 Å². The molecule has 8 aromatic rings. The van der Waals surface area contributed by atoms with Gasteiger partial charge in [0.05, 0.1) is 37.7 Å². The van der Waals surface area contributed by atoms with Crippen LogP contribution in [-0.2, 0) is 19.1 Å². The number of ether oxygens (including phenoxy) is 2. The van der Waals surface area contributed by atoms with Crippen molar-refractivity contribution < 1.29 is 28.7 Å². The molecule has 0 bridgehead atoms. The quantitative estimate of drug-likeness (QED) is 0.0195. The Morgan fingerprint density at radius 3 is 1.59 bits per heavy atom. The molecule has 2 atom stereocenters. The number of amides is 3. The molecule has 4 aliphatic heterocycles. The van der Waals surface area contributed by atoms with Crippen molar-refractivity contribution in [1.29, 1.82) is 0 Å². The van der Waals surface area contributed by atoms with Crippen molar-refractivity contribution in [3.8, 4) is 22.5 Å². The van der Waals surface area contributed by atoms with E-state index in [1.165, 1.54) is 37.6 Å². The Kier molecular flexibility index (Phi) is 26.1. The second-order valence-electron chi connectivity index (χ2n) is 20.9. The van der Waals surface area contributed by atoms with Gasteiger partial charge in [0.1, 0.15) is 0 Å². The molecule has 0 unspecified atom stereocenters.